The van der Waals surface area contributed by atoms with Crippen LogP contribution in [0.2, 0.25) is 0 Å². The summed E-state index contributed by atoms with van der Waals surface area (Å²) in [5, 5.41) is 9.97. The van der Waals surface area contributed by atoms with Crippen molar-refractivity contribution in [2.24, 2.45) is 0 Å². The number of aliphatic hydroxyl groups is 1. The number of carbonyl (C=O) groups is 2. The molecule has 6 heteroatoms. The first kappa shape index (κ1) is 18.7. The zero-order chi connectivity index (χ0) is 17.2. The molecule has 1 saturated heterocycles. The molecule has 0 radical (unpaired) electrons. The van der Waals surface area contributed by atoms with Gasteiger partial charge in [0.1, 0.15) is 11.1 Å². The van der Waals surface area contributed by atoms with Gasteiger partial charge >= 0.3 is 12.1 Å². The maximum Gasteiger partial charge on any atom is 0.411 e. The summed E-state index contributed by atoms with van der Waals surface area (Å²) in [4.78, 5) is 26.3. The highest BCUT2D eigenvalue weighted by molar-refractivity contribution is 5.86. The summed E-state index contributed by atoms with van der Waals surface area (Å²) < 4.78 is 10.4. The van der Waals surface area contributed by atoms with E-state index in [9.17, 15) is 14.7 Å². The number of hydrogen-bond donors (Lipinski definition) is 1. The fraction of sp³-hybridized carbons (Fsp3) is 0.875. The van der Waals surface area contributed by atoms with E-state index in [1.807, 2.05) is 0 Å². The minimum absolute atomic E-state index is 0.350. The fourth-order valence-electron chi connectivity index (χ4n) is 2.74. The van der Waals surface area contributed by atoms with Crippen molar-refractivity contribution in [2.45, 2.75) is 77.0 Å². The predicted octanol–water partition coefficient (Wildman–Crippen LogP) is 2.48. The molecule has 0 aromatic carbocycles. The van der Waals surface area contributed by atoms with Gasteiger partial charge in [0, 0.05) is 6.54 Å². The second-order valence-electron chi connectivity index (χ2n) is 7.57. The molecule has 1 unspecified atom stereocenters. The minimum Gasteiger partial charge on any atom is -0.467 e. The molecule has 1 amide bonds. The number of rotatable bonds is 4. The first-order chi connectivity index (χ1) is 9.91. The number of amides is 1. The Labute approximate surface area is 132 Å². The van der Waals surface area contributed by atoms with Gasteiger partial charge in [-0.25, -0.2) is 9.59 Å². The van der Waals surface area contributed by atoms with E-state index in [4.69, 9.17) is 9.47 Å². The van der Waals surface area contributed by atoms with Crippen molar-refractivity contribution >= 4 is 12.1 Å². The van der Waals surface area contributed by atoms with Crippen molar-refractivity contribution in [3.63, 3.8) is 0 Å². The quantitative estimate of drug-likeness (QED) is 0.807. The van der Waals surface area contributed by atoms with E-state index in [2.05, 4.69) is 0 Å². The largest absolute Gasteiger partial charge is 0.467 e. The molecular weight excluding hydrogens is 286 g/mol. The van der Waals surface area contributed by atoms with Crippen molar-refractivity contribution in [2.75, 3.05) is 13.7 Å². The number of nitrogens with zero attached hydrogens (tertiary/aromatic N) is 1. The summed E-state index contributed by atoms with van der Waals surface area (Å²) in [7, 11) is 1.32. The molecule has 0 aliphatic carbocycles. The lowest BCUT2D eigenvalue weighted by Gasteiger charge is -2.38. The Bertz CT molecular complexity index is 421. The van der Waals surface area contributed by atoms with E-state index < -0.39 is 28.8 Å². The number of likely N-dealkylation sites (tertiary alicyclic amines) is 1. The molecule has 1 N–H and O–H groups in total. The van der Waals surface area contributed by atoms with Crippen LogP contribution in [0.3, 0.4) is 0 Å². The third kappa shape index (κ3) is 4.60. The Balaban J connectivity index is 3.02. The smallest absolute Gasteiger partial charge is 0.411 e. The first-order valence-corrected chi connectivity index (χ1v) is 7.73. The van der Waals surface area contributed by atoms with Crippen LogP contribution in [0.15, 0.2) is 0 Å². The Hall–Kier alpha value is -1.30. The summed E-state index contributed by atoms with van der Waals surface area (Å²) in [6.07, 6.45) is 1.46. The number of esters is 1. The van der Waals surface area contributed by atoms with Gasteiger partial charge in [-0.3, -0.25) is 4.90 Å². The van der Waals surface area contributed by atoms with Gasteiger partial charge in [-0.1, -0.05) is 0 Å². The number of ether oxygens (including phenoxy) is 2. The van der Waals surface area contributed by atoms with Crippen LogP contribution in [0.25, 0.3) is 0 Å². The Kier molecular flexibility index (Phi) is 5.49. The van der Waals surface area contributed by atoms with Crippen molar-refractivity contribution in [3.8, 4) is 0 Å². The van der Waals surface area contributed by atoms with E-state index in [1.54, 1.807) is 34.6 Å². The summed E-state index contributed by atoms with van der Waals surface area (Å²) in [6.45, 7) is 9.19. The van der Waals surface area contributed by atoms with E-state index >= 15 is 0 Å². The van der Waals surface area contributed by atoms with Crippen molar-refractivity contribution in [3.05, 3.63) is 0 Å². The van der Waals surface area contributed by atoms with Gasteiger partial charge in [0.15, 0.2) is 0 Å². The highest BCUT2D eigenvalue weighted by atomic mass is 16.6. The van der Waals surface area contributed by atoms with Crippen molar-refractivity contribution < 1.29 is 24.2 Å². The Morgan fingerprint density at radius 3 is 2.27 bits per heavy atom. The highest BCUT2D eigenvalue weighted by Gasteiger charge is 2.52. The highest BCUT2D eigenvalue weighted by Crippen LogP contribution is 2.37. The molecule has 0 spiro atoms. The van der Waals surface area contributed by atoms with Crippen LogP contribution in [-0.4, -0.2) is 52.5 Å². The van der Waals surface area contributed by atoms with Crippen molar-refractivity contribution in [1.29, 1.82) is 0 Å². The van der Waals surface area contributed by atoms with Crippen LogP contribution in [0.1, 0.15) is 60.3 Å². The molecule has 0 aromatic heterocycles. The molecule has 22 heavy (non-hydrogen) atoms. The topological polar surface area (TPSA) is 76.1 Å². The molecule has 0 aromatic rings. The molecule has 128 valence electrons. The van der Waals surface area contributed by atoms with Gasteiger partial charge in [-0.2, -0.15) is 0 Å². The molecule has 1 aliphatic rings. The Morgan fingerprint density at radius 2 is 1.82 bits per heavy atom. The SMILES string of the molecule is COC(=O)C1(CCC(C)(C)O)CCCN1C(=O)OC(C)(C)C. The van der Waals surface area contributed by atoms with Gasteiger partial charge in [0.25, 0.3) is 0 Å². The van der Waals surface area contributed by atoms with E-state index in [1.165, 1.54) is 12.0 Å². The van der Waals surface area contributed by atoms with Crippen molar-refractivity contribution in [1.82, 2.24) is 4.90 Å². The van der Waals surface area contributed by atoms with Crippen LogP contribution in [-0.2, 0) is 14.3 Å². The molecule has 1 atom stereocenters. The zero-order valence-electron chi connectivity index (χ0n) is 14.6. The molecule has 6 nitrogen and oxygen atoms in total. The lowest BCUT2D eigenvalue weighted by Crippen LogP contribution is -2.55. The Morgan fingerprint density at radius 1 is 1.23 bits per heavy atom. The van der Waals surface area contributed by atoms with Crippen LogP contribution >= 0.6 is 0 Å². The maximum atomic E-state index is 12.5. The lowest BCUT2D eigenvalue weighted by molar-refractivity contribution is -0.154. The van der Waals surface area contributed by atoms with E-state index in [-0.39, 0.29) is 0 Å². The second-order valence-corrected chi connectivity index (χ2v) is 7.57. The van der Waals surface area contributed by atoms with Crippen LogP contribution in [0.4, 0.5) is 4.79 Å². The van der Waals surface area contributed by atoms with E-state index in [0.717, 1.165) is 0 Å². The summed E-state index contributed by atoms with van der Waals surface area (Å²) >= 11 is 0. The van der Waals surface area contributed by atoms with Gasteiger partial charge < -0.3 is 14.6 Å². The van der Waals surface area contributed by atoms with Crippen LogP contribution in [0, 0.1) is 0 Å². The van der Waals surface area contributed by atoms with Crippen LogP contribution in [0.5, 0.6) is 0 Å². The number of hydrogen-bond acceptors (Lipinski definition) is 5. The summed E-state index contributed by atoms with van der Waals surface area (Å²) in [6, 6.07) is 0. The molecular formula is C16H29NO5. The molecule has 1 rings (SSSR count). The molecule has 0 bridgehead atoms. The lowest BCUT2D eigenvalue weighted by atomic mass is 9.86. The van der Waals surface area contributed by atoms with Crippen LogP contribution < -0.4 is 0 Å². The zero-order valence-corrected chi connectivity index (χ0v) is 14.6. The fourth-order valence-corrected chi connectivity index (χ4v) is 2.74. The molecule has 1 aliphatic heterocycles. The maximum absolute atomic E-state index is 12.5. The summed E-state index contributed by atoms with van der Waals surface area (Å²) in [5.74, 6) is -0.444. The monoisotopic (exact) mass is 315 g/mol. The first-order valence-electron chi connectivity index (χ1n) is 7.73. The minimum atomic E-state index is -1.04. The van der Waals surface area contributed by atoms with Gasteiger partial charge in [0.2, 0.25) is 0 Å². The van der Waals surface area contributed by atoms with Gasteiger partial charge in [-0.05, 0) is 60.3 Å². The molecule has 1 heterocycles. The third-order valence-corrected chi connectivity index (χ3v) is 3.82. The third-order valence-electron chi connectivity index (χ3n) is 3.82. The summed E-state index contributed by atoms with van der Waals surface area (Å²) in [5.41, 5.74) is -2.59. The second kappa shape index (κ2) is 6.44. The average Bonchev–Trinajstić information content (AvgIpc) is 2.77. The van der Waals surface area contributed by atoms with Gasteiger partial charge in [0.05, 0.1) is 12.7 Å². The van der Waals surface area contributed by atoms with Gasteiger partial charge in [-0.15, -0.1) is 0 Å². The number of carbonyl (C=O) groups excluding carboxylic acids is 2. The predicted molar refractivity (Wildman–Crippen MR) is 82.5 cm³/mol. The average molecular weight is 315 g/mol. The molecule has 1 fully saturated rings. The number of methoxy groups -OCH3 is 1. The normalized spacial score (nSPS) is 22.6. The standard InChI is InChI=1S/C16H29NO5/c1-14(2,3)22-13(19)17-11-7-8-16(17,12(18)21-6)10-9-15(4,5)20/h20H,7-11H2,1-6H3. The van der Waals surface area contributed by atoms with E-state index in [0.29, 0.717) is 32.2 Å². The molecule has 0 saturated carbocycles.